The van der Waals surface area contributed by atoms with Gasteiger partial charge in [-0.3, -0.25) is 4.68 Å². The minimum absolute atomic E-state index is 0.594. The molecule has 0 radical (unpaired) electrons. The van der Waals surface area contributed by atoms with E-state index in [1.807, 2.05) is 31.4 Å². The van der Waals surface area contributed by atoms with Crippen molar-refractivity contribution in [2.24, 2.45) is 7.05 Å². The summed E-state index contributed by atoms with van der Waals surface area (Å²) in [5.41, 5.74) is 2.98. The van der Waals surface area contributed by atoms with E-state index in [0.717, 1.165) is 23.4 Å². The molecule has 0 amide bonds. The van der Waals surface area contributed by atoms with Crippen LogP contribution in [0, 0.1) is 0 Å². The number of rotatable bonds is 4. The maximum atomic E-state index is 6.13. The number of hydrogen-bond acceptors (Lipinski definition) is 2. The van der Waals surface area contributed by atoms with E-state index in [1.165, 1.54) is 0 Å². The number of benzene rings is 1. The fourth-order valence-electron chi connectivity index (χ4n) is 1.83. The van der Waals surface area contributed by atoms with Crippen LogP contribution in [0.25, 0.3) is 0 Å². The van der Waals surface area contributed by atoms with Gasteiger partial charge >= 0.3 is 0 Å². The molecule has 0 aliphatic rings. The summed E-state index contributed by atoms with van der Waals surface area (Å²) >= 11 is 12.3. The largest absolute Gasteiger partial charge is 0.378 e. The van der Waals surface area contributed by atoms with Gasteiger partial charge in [0.2, 0.25) is 0 Å². The summed E-state index contributed by atoms with van der Waals surface area (Å²) in [6.45, 7) is 2.67. The fraction of sp³-hybridized carbons (Fsp3) is 0.308. The molecule has 1 aromatic carbocycles. The third kappa shape index (κ3) is 2.79. The van der Waals surface area contributed by atoms with E-state index in [9.17, 15) is 0 Å². The molecule has 96 valence electrons. The molecule has 0 aliphatic carbocycles. The SMILES string of the molecule is CCc1nn(C)cc1NCc1c(Cl)cccc1Cl. The topological polar surface area (TPSA) is 29.9 Å². The number of halogens is 2. The van der Waals surface area contributed by atoms with Gasteiger partial charge in [-0.25, -0.2) is 0 Å². The zero-order chi connectivity index (χ0) is 13.1. The molecule has 0 aliphatic heterocycles. The van der Waals surface area contributed by atoms with Crippen molar-refractivity contribution >= 4 is 28.9 Å². The first-order valence-electron chi connectivity index (χ1n) is 5.81. The second kappa shape index (κ2) is 5.63. The quantitative estimate of drug-likeness (QED) is 0.922. The average Bonchev–Trinajstić information content (AvgIpc) is 2.69. The van der Waals surface area contributed by atoms with E-state index in [4.69, 9.17) is 23.2 Å². The van der Waals surface area contributed by atoms with Crippen molar-refractivity contribution in [3.05, 3.63) is 45.7 Å². The van der Waals surface area contributed by atoms with Crippen LogP contribution in [0.1, 0.15) is 18.2 Å². The molecule has 0 fully saturated rings. The van der Waals surface area contributed by atoms with Crippen LogP contribution in [-0.2, 0) is 20.0 Å². The Hall–Kier alpha value is -1.19. The third-order valence-corrected chi connectivity index (χ3v) is 3.47. The Morgan fingerprint density at radius 2 is 1.94 bits per heavy atom. The molecular weight excluding hydrogens is 269 g/mol. The Bertz CT molecular complexity index is 529. The van der Waals surface area contributed by atoms with Gasteiger partial charge in [0.25, 0.3) is 0 Å². The Balaban J connectivity index is 2.16. The van der Waals surface area contributed by atoms with Crippen molar-refractivity contribution in [1.82, 2.24) is 9.78 Å². The van der Waals surface area contributed by atoms with Crippen LogP contribution in [0.2, 0.25) is 10.0 Å². The summed E-state index contributed by atoms with van der Waals surface area (Å²) in [7, 11) is 1.91. The average molecular weight is 284 g/mol. The van der Waals surface area contributed by atoms with Gasteiger partial charge in [0.15, 0.2) is 0 Å². The molecule has 5 heteroatoms. The lowest BCUT2D eigenvalue weighted by Crippen LogP contribution is -2.02. The summed E-state index contributed by atoms with van der Waals surface area (Å²) in [5, 5.41) is 9.06. The second-order valence-corrected chi connectivity index (χ2v) is 4.88. The highest BCUT2D eigenvalue weighted by Gasteiger charge is 2.08. The van der Waals surface area contributed by atoms with Crippen molar-refractivity contribution < 1.29 is 0 Å². The molecule has 2 aromatic rings. The third-order valence-electron chi connectivity index (χ3n) is 2.76. The fourth-order valence-corrected chi connectivity index (χ4v) is 2.36. The number of hydrogen-bond donors (Lipinski definition) is 1. The van der Waals surface area contributed by atoms with E-state index < -0.39 is 0 Å². The monoisotopic (exact) mass is 283 g/mol. The molecule has 0 atom stereocenters. The van der Waals surface area contributed by atoms with Gasteiger partial charge in [0.1, 0.15) is 0 Å². The number of anilines is 1. The van der Waals surface area contributed by atoms with Crippen LogP contribution in [0.15, 0.2) is 24.4 Å². The van der Waals surface area contributed by atoms with Gasteiger partial charge in [0, 0.05) is 35.4 Å². The Kier molecular flexibility index (Phi) is 4.15. The first-order valence-corrected chi connectivity index (χ1v) is 6.56. The number of nitrogens with zero attached hydrogens (tertiary/aromatic N) is 2. The molecule has 2 rings (SSSR count). The maximum Gasteiger partial charge on any atom is 0.0853 e. The van der Waals surface area contributed by atoms with Crippen molar-refractivity contribution in [1.29, 1.82) is 0 Å². The molecule has 1 heterocycles. The second-order valence-electron chi connectivity index (χ2n) is 4.07. The zero-order valence-electron chi connectivity index (χ0n) is 10.4. The molecule has 0 unspecified atom stereocenters. The van der Waals surface area contributed by atoms with Gasteiger partial charge in [-0.1, -0.05) is 36.2 Å². The van der Waals surface area contributed by atoms with Gasteiger partial charge in [-0.05, 0) is 18.6 Å². The van der Waals surface area contributed by atoms with E-state index in [2.05, 4.69) is 17.3 Å². The van der Waals surface area contributed by atoms with Crippen LogP contribution >= 0.6 is 23.2 Å². The van der Waals surface area contributed by atoms with Gasteiger partial charge < -0.3 is 5.32 Å². The predicted molar refractivity (Wildman–Crippen MR) is 76.4 cm³/mol. The van der Waals surface area contributed by atoms with Gasteiger partial charge in [-0.2, -0.15) is 5.10 Å². The highest BCUT2D eigenvalue weighted by atomic mass is 35.5. The van der Waals surface area contributed by atoms with Gasteiger partial charge in [0.05, 0.1) is 11.4 Å². The number of nitrogens with one attached hydrogen (secondary N) is 1. The predicted octanol–water partition coefficient (Wildman–Crippen LogP) is 3.90. The standard InChI is InChI=1S/C13H15Cl2N3/c1-3-12-13(8-18(2)17-12)16-7-9-10(14)5-4-6-11(9)15/h4-6,8,16H,3,7H2,1-2H3. The van der Waals surface area contributed by atoms with Crippen molar-refractivity contribution in [2.75, 3.05) is 5.32 Å². The van der Waals surface area contributed by atoms with Crippen molar-refractivity contribution in [2.45, 2.75) is 19.9 Å². The molecule has 0 bridgehead atoms. The summed E-state index contributed by atoms with van der Waals surface area (Å²) in [4.78, 5) is 0. The van der Waals surface area contributed by atoms with Crippen LogP contribution in [-0.4, -0.2) is 9.78 Å². The summed E-state index contributed by atoms with van der Waals surface area (Å²) in [6.07, 6.45) is 2.85. The molecule has 3 nitrogen and oxygen atoms in total. The number of aryl methyl sites for hydroxylation is 2. The lowest BCUT2D eigenvalue weighted by Gasteiger charge is -2.09. The summed E-state index contributed by atoms with van der Waals surface area (Å²) in [6, 6.07) is 5.53. The van der Waals surface area contributed by atoms with E-state index in [0.29, 0.717) is 16.6 Å². The van der Waals surface area contributed by atoms with Crippen LogP contribution in [0.4, 0.5) is 5.69 Å². The van der Waals surface area contributed by atoms with Crippen LogP contribution in [0.3, 0.4) is 0 Å². The minimum atomic E-state index is 0.594. The molecule has 0 saturated carbocycles. The van der Waals surface area contributed by atoms with Crippen LogP contribution < -0.4 is 5.32 Å². The molecule has 1 N–H and O–H groups in total. The van der Waals surface area contributed by atoms with Gasteiger partial charge in [-0.15, -0.1) is 0 Å². The maximum absolute atomic E-state index is 6.13. The molecule has 1 aromatic heterocycles. The first-order chi connectivity index (χ1) is 8.61. The minimum Gasteiger partial charge on any atom is -0.378 e. The summed E-state index contributed by atoms with van der Waals surface area (Å²) < 4.78 is 1.80. The van der Waals surface area contributed by atoms with Crippen molar-refractivity contribution in [3.8, 4) is 0 Å². The normalized spacial score (nSPS) is 10.7. The molecule has 18 heavy (non-hydrogen) atoms. The lowest BCUT2D eigenvalue weighted by atomic mass is 10.2. The van der Waals surface area contributed by atoms with E-state index >= 15 is 0 Å². The Morgan fingerprint density at radius 1 is 1.28 bits per heavy atom. The highest BCUT2D eigenvalue weighted by molar-refractivity contribution is 6.36. The first kappa shape index (κ1) is 13.2. The van der Waals surface area contributed by atoms with Crippen molar-refractivity contribution in [3.63, 3.8) is 0 Å². The van der Waals surface area contributed by atoms with Crippen LogP contribution in [0.5, 0.6) is 0 Å². The highest BCUT2D eigenvalue weighted by Crippen LogP contribution is 2.25. The lowest BCUT2D eigenvalue weighted by molar-refractivity contribution is 0.746. The molecular formula is C13H15Cl2N3. The van der Waals surface area contributed by atoms with E-state index in [-0.39, 0.29) is 0 Å². The zero-order valence-corrected chi connectivity index (χ0v) is 11.9. The molecule has 0 saturated heterocycles. The Morgan fingerprint density at radius 3 is 2.56 bits per heavy atom. The number of aromatic nitrogens is 2. The smallest absolute Gasteiger partial charge is 0.0853 e. The summed E-state index contributed by atoms with van der Waals surface area (Å²) in [5.74, 6) is 0. The van der Waals surface area contributed by atoms with E-state index in [1.54, 1.807) is 4.68 Å². The Labute approximate surface area is 117 Å². The molecule has 0 spiro atoms.